The smallest absolute Gasteiger partial charge is 0.223 e. The Labute approximate surface area is 133 Å². The van der Waals surface area contributed by atoms with Gasteiger partial charge in [0.15, 0.2) is 0 Å². The van der Waals surface area contributed by atoms with E-state index in [1.807, 2.05) is 12.1 Å². The summed E-state index contributed by atoms with van der Waals surface area (Å²) in [5.74, 6) is 1.87. The molecular formula is C15H20N4O2S. The Balaban J connectivity index is 1.47. The van der Waals surface area contributed by atoms with E-state index in [2.05, 4.69) is 26.5 Å². The molecule has 22 heavy (non-hydrogen) atoms. The number of hydrogen-bond acceptors (Lipinski definition) is 6. The molecule has 0 spiro atoms. The van der Waals surface area contributed by atoms with Gasteiger partial charge in [-0.3, -0.25) is 4.79 Å². The third-order valence-corrected chi connectivity index (χ3v) is 4.74. The molecule has 2 aromatic rings. The third-order valence-electron chi connectivity index (χ3n) is 3.93. The van der Waals surface area contributed by atoms with Crippen LogP contribution in [0, 0.1) is 5.92 Å². The van der Waals surface area contributed by atoms with Crippen molar-refractivity contribution in [3.05, 3.63) is 30.0 Å². The number of piperidine rings is 1. The molecule has 3 heterocycles. The van der Waals surface area contributed by atoms with Crippen molar-refractivity contribution in [3.63, 3.8) is 0 Å². The zero-order valence-electron chi connectivity index (χ0n) is 12.6. The molecule has 1 amide bonds. The molecule has 1 N–H and O–H groups in total. The molecule has 1 aliphatic rings. The summed E-state index contributed by atoms with van der Waals surface area (Å²) in [7, 11) is 0. The van der Waals surface area contributed by atoms with Gasteiger partial charge in [0, 0.05) is 37.0 Å². The quantitative estimate of drug-likeness (QED) is 0.914. The first kappa shape index (κ1) is 15.0. The van der Waals surface area contributed by atoms with Gasteiger partial charge in [0.1, 0.15) is 11.6 Å². The number of carbonyl (C=O) groups excluding carboxylic acids is 1. The second-order valence-corrected chi connectivity index (χ2v) is 6.14. The minimum absolute atomic E-state index is 0.0739. The topological polar surface area (TPSA) is 71.3 Å². The van der Waals surface area contributed by atoms with Crippen LogP contribution in [-0.2, 0) is 17.8 Å². The van der Waals surface area contributed by atoms with Crippen molar-refractivity contribution >= 4 is 22.6 Å². The number of nitrogens with zero attached hydrogens (tertiary/aromatic N) is 3. The molecule has 0 aliphatic carbocycles. The van der Waals surface area contributed by atoms with Gasteiger partial charge < -0.3 is 14.6 Å². The molecule has 0 radical (unpaired) electrons. The van der Waals surface area contributed by atoms with Crippen LogP contribution >= 0.6 is 11.5 Å². The highest BCUT2D eigenvalue weighted by molar-refractivity contribution is 7.09. The summed E-state index contributed by atoms with van der Waals surface area (Å²) in [6.45, 7) is 4.23. The van der Waals surface area contributed by atoms with Gasteiger partial charge in [-0.25, -0.2) is 4.98 Å². The maximum atomic E-state index is 12.2. The fraction of sp³-hybridized carbons (Fsp3) is 0.533. The zero-order chi connectivity index (χ0) is 15.4. The number of aryl methyl sites for hydroxylation is 1. The van der Waals surface area contributed by atoms with Crippen LogP contribution < -0.4 is 10.2 Å². The van der Waals surface area contributed by atoms with Crippen molar-refractivity contribution in [1.82, 2.24) is 14.7 Å². The van der Waals surface area contributed by atoms with Gasteiger partial charge in [-0.2, -0.15) is 4.37 Å². The summed E-state index contributed by atoms with van der Waals surface area (Å²) in [6, 6.07) is 3.69. The number of hydrogen-bond donors (Lipinski definition) is 1. The Bertz CT molecular complexity index is 603. The van der Waals surface area contributed by atoms with Crippen LogP contribution in [-0.4, -0.2) is 28.4 Å². The molecule has 1 fully saturated rings. The Kier molecular flexibility index (Phi) is 4.72. The van der Waals surface area contributed by atoms with Gasteiger partial charge in [0.2, 0.25) is 11.0 Å². The average Bonchev–Trinajstić information content (AvgIpc) is 3.24. The molecule has 7 heteroatoms. The monoisotopic (exact) mass is 320 g/mol. The van der Waals surface area contributed by atoms with Crippen LogP contribution in [0.25, 0.3) is 0 Å². The predicted octanol–water partition coefficient (Wildman–Crippen LogP) is 2.23. The summed E-state index contributed by atoms with van der Waals surface area (Å²) < 4.78 is 9.54. The number of anilines is 1. The fourth-order valence-electron chi connectivity index (χ4n) is 2.58. The highest BCUT2D eigenvalue weighted by Gasteiger charge is 2.26. The van der Waals surface area contributed by atoms with Crippen molar-refractivity contribution < 1.29 is 9.21 Å². The molecule has 3 rings (SSSR count). The molecule has 0 unspecified atom stereocenters. The van der Waals surface area contributed by atoms with Gasteiger partial charge >= 0.3 is 0 Å². The van der Waals surface area contributed by atoms with Crippen molar-refractivity contribution in [1.29, 1.82) is 0 Å². The van der Waals surface area contributed by atoms with Crippen molar-refractivity contribution in [3.8, 4) is 0 Å². The van der Waals surface area contributed by atoms with E-state index in [0.29, 0.717) is 6.54 Å². The number of amides is 1. The lowest BCUT2D eigenvalue weighted by Gasteiger charge is -2.30. The summed E-state index contributed by atoms with van der Waals surface area (Å²) in [5, 5.41) is 3.92. The maximum Gasteiger partial charge on any atom is 0.223 e. The van der Waals surface area contributed by atoms with E-state index < -0.39 is 0 Å². The minimum Gasteiger partial charge on any atom is -0.467 e. The highest BCUT2D eigenvalue weighted by atomic mass is 32.1. The number of rotatable bonds is 5. The maximum absolute atomic E-state index is 12.2. The normalized spacial score (nSPS) is 16.0. The molecule has 0 saturated carbocycles. The Hall–Kier alpha value is -1.89. The van der Waals surface area contributed by atoms with Gasteiger partial charge in [-0.1, -0.05) is 6.92 Å². The van der Waals surface area contributed by atoms with Crippen LogP contribution in [0.5, 0.6) is 0 Å². The molecule has 118 valence electrons. The first-order valence-electron chi connectivity index (χ1n) is 7.64. The lowest BCUT2D eigenvalue weighted by Crippen LogP contribution is -2.40. The molecule has 2 aromatic heterocycles. The highest BCUT2D eigenvalue weighted by Crippen LogP contribution is 2.25. The Morgan fingerprint density at radius 1 is 1.50 bits per heavy atom. The number of aromatic nitrogens is 2. The van der Waals surface area contributed by atoms with Crippen LogP contribution in [0.1, 0.15) is 31.4 Å². The van der Waals surface area contributed by atoms with E-state index in [0.717, 1.165) is 49.1 Å². The fourth-order valence-corrected chi connectivity index (χ4v) is 3.38. The van der Waals surface area contributed by atoms with Gasteiger partial charge in [0.05, 0.1) is 12.8 Å². The van der Waals surface area contributed by atoms with Crippen LogP contribution in [0.4, 0.5) is 5.13 Å². The lowest BCUT2D eigenvalue weighted by atomic mass is 9.96. The average molecular weight is 320 g/mol. The van der Waals surface area contributed by atoms with Gasteiger partial charge in [-0.05, 0) is 25.0 Å². The Morgan fingerprint density at radius 3 is 2.95 bits per heavy atom. The summed E-state index contributed by atoms with van der Waals surface area (Å²) in [4.78, 5) is 18.9. The van der Waals surface area contributed by atoms with Crippen LogP contribution in [0.3, 0.4) is 0 Å². The van der Waals surface area contributed by atoms with E-state index in [1.165, 1.54) is 11.5 Å². The first-order chi connectivity index (χ1) is 10.8. The van der Waals surface area contributed by atoms with E-state index in [4.69, 9.17) is 4.42 Å². The first-order valence-corrected chi connectivity index (χ1v) is 8.41. The van der Waals surface area contributed by atoms with Crippen LogP contribution in [0.15, 0.2) is 22.8 Å². The standard InChI is InChI=1S/C15H20N4O2S/c1-2-13-17-15(22-18-13)19-7-5-11(6-8-19)14(20)16-10-12-4-3-9-21-12/h3-4,9,11H,2,5-8,10H2,1H3,(H,16,20). The van der Waals surface area contributed by atoms with Crippen molar-refractivity contribution in [2.75, 3.05) is 18.0 Å². The van der Waals surface area contributed by atoms with Gasteiger partial charge in [0.25, 0.3) is 0 Å². The largest absolute Gasteiger partial charge is 0.467 e. The van der Waals surface area contributed by atoms with Gasteiger partial charge in [-0.15, -0.1) is 0 Å². The van der Waals surface area contributed by atoms with E-state index in [1.54, 1.807) is 6.26 Å². The second kappa shape index (κ2) is 6.91. The summed E-state index contributed by atoms with van der Waals surface area (Å²) in [5.41, 5.74) is 0. The van der Waals surface area contributed by atoms with E-state index in [9.17, 15) is 4.79 Å². The third kappa shape index (κ3) is 3.47. The predicted molar refractivity (Wildman–Crippen MR) is 84.8 cm³/mol. The van der Waals surface area contributed by atoms with Crippen molar-refractivity contribution in [2.24, 2.45) is 5.92 Å². The molecule has 0 aromatic carbocycles. The number of carbonyl (C=O) groups is 1. The minimum atomic E-state index is 0.0739. The molecule has 6 nitrogen and oxygen atoms in total. The SMILES string of the molecule is CCc1nsc(N2CCC(C(=O)NCc3ccco3)CC2)n1. The van der Waals surface area contributed by atoms with Crippen LogP contribution in [0.2, 0.25) is 0 Å². The summed E-state index contributed by atoms with van der Waals surface area (Å²) in [6.07, 6.45) is 4.19. The molecule has 0 atom stereocenters. The lowest BCUT2D eigenvalue weighted by molar-refractivity contribution is -0.125. The molecule has 1 aliphatic heterocycles. The summed E-state index contributed by atoms with van der Waals surface area (Å²) >= 11 is 1.45. The molecule has 1 saturated heterocycles. The number of nitrogens with one attached hydrogen (secondary N) is 1. The molecular weight excluding hydrogens is 300 g/mol. The zero-order valence-corrected chi connectivity index (χ0v) is 13.4. The number of furan rings is 1. The van der Waals surface area contributed by atoms with E-state index in [-0.39, 0.29) is 11.8 Å². The molecule has 0 bridgehead atoms. The van der Waals surface area contributed by atoms with E-state index >= 15 is 0 Å². The van der Waals surface area contributed by atoms with Crippen molar-refractivity contribution in [2.45, 2.75) is 32.7 Å². The second-order valence-electron chi connectivity index (χ2n) is 5.41. The Morgan fingerprint density at radius 2 is 2.32 bits per heavy atom.